The summed E-state index contributed by atoms with van der Waals surface area (Å²) in [5, 5.41) is 5.87. The van der Waals surface area contributed by atoms with E-state index in [2.05, 4.69) is 6.92 Å². The van der Waals surface area contributed by atoms with Crippen molar-refractivity contribution < 1.29 is 24.0 Å². The zero-order chi connectivity index (χ0) is 18.2. The molecule has 1 heterocycles. The fraction of sp³-hybridized carbons (Fsp3) is 0.667. The molecule has 9 nitrogen and oxygen atoms in total. The van der Waals surface area contributed by atoms with Crippen LogP contribution in [0.1, 0.15) is 58.3 Å². The Bertz CT molecular complexity index is 512. The molecule has 0 spiro atoms. The molecule has 0 aromatic rings. The third-order valence-electron chi connectivity index (χ3n) is 4.01. The molecule has 0 bridgehead atoms. The summed E-state index contributed by atoms with van der Waals surface area (Å²) in [7, 11) is 0. The number of nitrogens with two attached hydrogens (primary N) is 1. The van der Waals surface area contributed by atoms with Gasteiger partial charge in [-0.25, -0.2) is 9.59 Å². The monoisotopic (exact) mass is 340 g/mol. The van der Waals surface area contributed by atoms with Crippen LogP contribution in [0.4, 0.5) is 9.59 Å². The predicted octanol–water partition coefficient (Wildman–Crippen LogP) is 0.674. The average Bonchev–Trinajstić information content (AvgIpc) is 2.46. The summed E-state index contributed by atoms with van der Waals surface area (Å²) < 4.78 is 0. The number of urea groups is 2. The molecule has 9 heteroatoms. The van der Waals surface area contributed by atoms with Gasteiger partial charge in [-0.05, 0) is 6.42 Å². The van der Waals surface area contributed by atoms with E-state index >= 15 is 0 Å². The van der Waals surface area contributed by atoms with Gasteiger partial charge in [-0.15, -0.1) is 0 Å². The summed E-state index contributed by atoms with van der Waals surface area (Å²) >= 11 is 0. The number of nitrogens with one attached hydrogen (secondary N) is 3. The highest BCUT2D eigenvalue weighted by Crippen LogP contribution is 2.32. The molecule has 7 amide bonds. The molecule has 0 aliphatic carbocycles. The molecule has 1 aliphatic heterocycles. The lowest BCUT2D eigenvalue weighted by Gasteiger charge is -2.33. The topological polar surface area (TPSA) is 147 Å². The predicted molar refractivity (Wildman–Crippen MR) is 84.5 cm³/mol. The van der Waals surface area contributed by atoms with Crippen LogP contribution in [-0.2, 0) is 14.4 Å². The van der Waals surface area contributed by atoms with Gasteiger partial charge in [0.2, 0.25) is 17.7 Å². The first-order valence-corrected chi connectivity index (χ1v) is 8.08. The quantitative estimate of drug-likeness (QED) is 0.360. The molecule has 0 saturated carbocycles. The van der Waals surface area contributed by atoms with Crippen molar-refractivity contribution in [2.45, 2.75) is 58.3 Å². The number of barbiturate groups is 1. The molecule has 1 aliphatic rings. The van der Waals surface area contributed by atoms with E-state index in [1.165, 1.54) is 0 Å². The maximum atomic E-state index is 12.2. The molecule has 5 N–H and O–H groups in total. The zero-order valence-electron chi connectivity index (χ0n) is 13.8. The lowest BCUT2D eigenvalue weighted by atomic mass is 9.76. The minimum atomic E-state index is -1.71. The molecule has 0 radical (unpaired) electrons. The number of hydrogen-bond donors (Lipinski definition) is 4. The third kappa shape index (κ3) is 5.32. The molecule has 1 saturated heterocycles. The van der Waals surface area contributed by atoms with E-state index in [4.69, 9.17) is 5.73 Å². The van der Waals surface area contributed by atoms with Crippen molar-refractivity contribution in [2.24, 2.45) is 11.1 Å². The van der Waals surface area contributed by atoms with Gasteiger partial charge < -0.3 is 5.73 Å². The Morgan fingerprint density at radius 1 is 1.00 bits per heavy atom. The van der Waals surface area contributed by atoms with E-state index in [0.717, 1.165) is 32.1 Å². The van der Waals surface area contributed by atoms with Gasteiger partial charge in [-0.1, -0.05) is 45.4 Å². The van der Waals surface area contributed by atoms with Gasteiger partial charge in [0, 0.05) is 0 Å². The van der Waals surface area contributed by atoms with Crippen LogP contribution in [0.2, 0.25) is 0 Å². The number of amides is 7. The van der Waals surface area contributed by atoms with Gasteiger partial charge in [0.1, 0.15) is 5.41 Å². The Hall–Kier alpha value is -2.45. The SMILES string of the molecule is CCCCCCCCC1(CC(=O)NC(N)=O)C(=O)NC(=O)NC1=O. The highest BCUT2D eigenvalue weighted by atomic mass is 16.2. The molecule has 1 fully saturated rings. The van der Waals surface area contributed by atoms with Crippen LogP contribution in [0.5, 0.6) is 0 Å². The minimum Gasteiger partial charge on any atom is -0.351 e. The van der Waals surface area contributed by atoms with Crippen molar-refractivity contribution in [1.29, 1.82) is 0 Å². The van der Waals surface area contributed by atoms with E-state index < -0.39 is 41.6 Å². The first-order chi connectivity index (χ1) is 11.3. The normalized spacial score (nSPS) is 16.3. The second-order valence-electron chi connectivity index (χ2n) is 5.93. The van der Waals surface area contributed by atoms with E-state index in [0.29, 0.717) is 6.42 Å². The zero-order valence-corrected chi connectivity index (χ0v) is 13.8. The molecular formula is C15H24N4O5. The van der Waals surface area contributed by atoms with Crippen LogP contribution in [0.15, 0.2) is 0 Å². The van der Waals surface area contributed by atoms with Crippen LogP contribution >= 0.6 is 0 Å². The number of hydrogen-bond acceptors (Lipinski definition) is 5. The number of carbonyl (C=O) groups is 5. The molecule has 0 unspecified atom stereocenters. The fourth-order valence-corrected chi connectivity index (χ4v) is 2.72. The van der Waals surface area contributed by atoms with E-state index in [1.807, 2.05) is 16.0 Å². The van der Waals surface area contributed by atoms with Crippen molar-refractivity contribution in [3.8, 4) is 0 Å². The average molecular weight is 340 g/mol. The second-order valence-corrected chi connectivity index (χ2v) is 5.93. The molecule has 134 valence electrons. The van der Waals surface area contributed by atoms with Crippen LogP contribution in [-0.4, -0.2) is 29.8 Å². The lowest BCUT2D eigenvalue weighted by molar-refractivity contribution is -0.148. The fourth-order valence-electron chi connectivity index (χ4n) is 2.72. The van der Waals surface area contributed by atoms with Crippen LogP contribution < -0.4 is 21.7 Å². The van der Waals surface area contributed by atoms with Gasteiger partial charge in [-0.3, -0.25) is 30.3 Å². The molecule has 0 atom stereocenters. The summed E-state index contributed by atoms with van der Waals surface area (Å²) in [6.07, 6.45) is 5.14. The van der Waals surface area contributed by atoms with Crippen molar-refractivity contribution in [1.82, 2.24) is 16.0 Å². The number of rotatable bonds is 9. The summed E-state index contributed by atoms with van der Waals surface area (Å²) in [5.41, 5.74) is 3.16. The summed E-state index contributed by atoms with van der Waals surface area (Å²) in [6.45, 7) is 2.10. The number of primary amides is 1. The molecule has 0 aromatic heterocycles. The van der Waals surface area contributed by atoms with Crippen LogP contribution in [0.25, 0.3) is 0 Å². The maximum absolute atomic E-state index is 12.2. The molecule has 0 aromatic carbocycles. The Morgan fingerprint density at radius 2 is 1.54 bits per heavy atom. The summed E-state index contributed by atoms with van der Waals surface area (Å²) in [5.74, 6) is -2.50. The van der Waals surface area contributed by atoms with Crippen molar-refractivity contribution in [3.63, 3.8) is 0 Å². The third-order valence-corrected chi connectivity index (χ3v) is 4.01. The number of unbranched alkanes of at least 4 members (excludes halogenated alkanes) is 5. The second kappa shape index (κ2) is 8.99. The highest BCUT2D eigenvalue weighted by Gasteiger charge is 2.51. The van der Waals surface area contributed by atoms with E-state index in [1.54, 1.807) is 0 Å². The van der Waals surface area contributed by atoms with Gasteiger partial charge in [0.15, 0.2) is 0 Å². The highest BCUT2D eigenvalue weighted by molar-refractivity contribution is 6.20. The number of carbonyl (C=O) groups excluding carboxylic acids is 5. The van der Waals surface area contributed by atoms with Gasteiger partial charge in [0.05, 0.1) is 6.42 Å². The van der Waals surface area contributed by atoms with Crippen molar-refractivity contribution >= 4 is 29.8 Å². The first-order valence-electron chi connectivity index (χ1n) is 8.08. The standard InChI is InChI=1S/C15H24N4O5/c1-2-3-4-5-6-7-8-15(9-10(20)17-13(16)23)11(21)18-14(24)19-12(15)22/h2-9H2,1H3,(H3,16,17,20,23)(H2,18,19,21,22,24). The Morgan fingerprint density at radius 3 is 2.08 bits per heavy atom. The molecular weight excluding hydrogens is 316 g/mol. The van der Waals surface area contributed by atoms with Gasteiger partial charge in [0.25, 0.3) is 0 Å². The largest absolute Gasteiger partial charge is 0.351 e. The van der Waals surface area contributed by atoms with E-state index in [-0.39, 0.29) is 6.42 Å². The lowest BCUT2D eigenvalue weighted by Crippen LogP contribution is -2.63. The summed E-state index contributed by atoms with van der Waals surface area (Å²) in [4.78, 5) is 58.3. The molecule has 24 heavy (non-hydrogen) atoms. The van der Waals surface area contributed by atoms with Crippen LogP contribution in [0.3, 0.4) is 0 Å². The van der Waals surface area contributed by atoms with Gasteiger partial charge >= 0.3 is 12.1 Å². The molecule has 1 rings (SSSR count). The Balaban J connectivity index is 2.77. The minimum absolute atomic E-state index is 0.107. The number of imide groups is 3. The first kappa shape index (κ1) is 19.6. The Kier molecular flexibility index (Phi) is 7.34. The van der Waals surface area contributed by atoms with Gasteiger partial charge in [-0.2, -0.15) is 0 Å². The van der Waals surface area contributed by atoms with Crippen molar-refractivity contribution in [3.05, 3.63) is 0 Å². The Labute approximate surface area is 140 Å². The van der Waals surface area contributed by atoms with Crippen LogP contribution in [0, 0.1) is 5.41 Å². The smallest absolute Gasteiger partial charge is 0.328 e. The summed E-state index contributed by atoms with van der Waals surface area (Å²) in [6, 6.07) is -1.98. The van der Waals surface area contributed by atoms with Crippen molar-refractivity contribution in [2.75, 3.05) is 0 Å². The van der Waals surface area contributed by atoms with E-state index in [9.17, 15) is 24.0 Å². The maximum Gasteiger partial charge on any atom is 0.328 e.